The van der Waals surface area contributed by atoms with Crippen LogP contribution in [-0.4, -0.2) is 35.1 Å². The lowest BCUT2D eigenvalue weighted by atomic mass is 9.41. The first-order valence-corrected chi connectivity index (χ1v) is 16.7. The van der Waals surface area contributed by atoms with Gasteiger partial charge in [-0.05, 0) is 127 Å². The summed E-state index contributed by atoms with van der Waals surface area (Å²) in [5, 5.41) is 25.4. The number of rotatable bonds is 6. The van der Waals surface area contributed by atoms with E-state index < -0.39 is 0 Å². The Morgan fingerprint density at radius 1 is 1.00 bits per heavy atom. The van der Waals surface area contributed by atoms with Crippen LogP contribution in [0.5, 0.6) is 0 Å². The van der Waals surface area contributed by atoms with Gasteiger partial charge in [0.05, 0.1) is 18.8 Å². The van der Waals surface area contributed by atoms with Crippen LogP contribution in [0.25, 0.3) is 0 Å². The van der Waals surface area contributed by atoms with E-state index in [0.29, 0.717) is 48.0 Å². The number of ether oxygens (including phenoxy) is 1. The smallest absolute Gasteiger partial charge is 0.411 e. The highest BCUT2D eigenvalue weighted by Gasteiger charge is 2.64. The second-order valence-electron chi connectivity index (χ2n) is 16.0. The van der Waals surface area contributed by atoms with Gasteiger partial charge >= 0.3 is 6.09 Å². The number of carbonyl (C=O) groups excluding carboxylic acids is 1. The highest BCUT2D eigenvalue weighted by atomic mass is 16.5. The number of amides is 1. The largest absolute Gasteiger partial charge is 0.449 e. The van der Waals surface area contributed by atoms with Gasteiger partial charge in [-0.2, -0.15) is 0 Å². The lowest BCUT2D eigenvalue weighted by Gasteiger charge is -2.64. The van der Waals surface area contributed by atoms with Crippen LogP contribution in [0.4, 0.5) is 10.5 Å². The van der Waals surface area contributed by atoms with Crippen LogP contribution in [0.3, 0.4) is 0 Å². The molecule has 0 aromatic heterocycles. The molecule has 3 N–H and O–H groups in total. The zero-order valence-corrected chi connectivity index (χ0v) is 26.8. The summed E-state index contributed by atoms with van der Waals surface area (Å²) in [6.45, 7) is 16.6. The summed E-state index contributed by atoms with van der Waals surface area (Å²) in [6.07, 6.45) is 8.77. The minimum atomic E-state index is -0.381. The number of benzene rings is 1. The van der Waals surface area contributed by atoms with Crippen LogP contribution in [0.1, 0.15) is 112 Å². The highest BCUT2D eigenvalue weighted by Crippen LogP contribution is 2.69. The Bertz CT molecular complexity index is 1060. The van der Waals surface area contributed by atoms with Crippen LogP contribution in [-0.2, 0) is 10.2 Å². The second kappa shape index (κ2) is 11.5. The molecular weight excluding hydrogens is 510 g/mol. The fourth-order valence-electron chi connectivity index (χ4n) is 10.7. The molecule has 5 heteroatoms. The van der Waals surface area contributed by atoms with Crippen LogP contribution >= 0.6 is 0 Å². The summed E-state index contributed by atoms with van der Waals surface area (Å²) < 4.78 is 5.64. The molecule has 0 aliphatic heterocycles. The number of anilines is 1. The molecule has 4 fully saturated rings. The molecular formula is C36H57NO4. The van der Waals surface area contributed by atoms with Gasteiger partial charge in [-0.15, -0.1) is 0 Å². The third-order valence-corrected chi connectivity index (χ3v) is 13.0. The minimum Gasteiger partial charge on any atom is -0.449 e. The van der Waals surface area contributed by atoms with Crippen molar-refractivity contribution in [3.63, 3.8) is 0 Å². The van der Waals surface area contributed by atoms with Gasteiger partial charge < -0.3 is 14.9 Å². The zero-order valence-electron chi connectivity index (χ0n) is 26.8. The Hall–Kier alpha value is -1.59. The van der Waals surface area contributed by atoms with E-state index >= 15 is 0 Å². The number of carbonyl (C=O) groups is 1. The van der Waals surface area contributed by atoms with Crippen molar-refractivity contribution in [3.05, 3.63) is 29.8 Å². The maximum atomic E-state index is 12.5. The van der Waals surface area contributed by atoms with Crippen molar-refractivity contribution >= 4 is 11.8 Å². The zero-order chi connectivity index (χ0) is 29.7. The Balaban J connectivity index is 1.20. The molecule has 1 aromatic rings. The SMILES string of the molecule is CC[C@H]1[C@@H](O)[C@@H]2[C@H](CC[C@]3(C)C([C@H](C)CCOC(=O)Nc4ccc(C(C)(C)C)cc4)CC[C@@H]23)[C@@]2(C)CC[C@@H](O)C[C@@H]12. The standard InChI is InChI=1S/C36H57NO4/c1-8-26-30-21-25(38)15-18-36(30,7)29-16-19-35(6)27(13-14-28(35)31(29)32(26)39)22(2)17-20-41-33(40)37-24-11-9-23(10-12-24)34(3,4)5/h9-12,22,25-32,38-39H,8,13-21H2,1-7H3,(H,37,40)/t22-,25-,26-,27?,28+,29+,30+,31+,32-,35-,36-/m1/s1. The Morgan fingerprint density at radius 3 is 2.32 bits per heavy atom. The average molecular weight is 568 g/mol. The first kappa shape index (κ1) is 30.9. The van der Waals surface area contributed by atoms with Gasteiger partial charge in [-0.25, -0.2) is 4.79 Å². The van der Waals surface area contributed by atoms with Gasteiger partial charge in [0, 0.05) is 5.69 Å². The highest BCUT2D eigenvalue weighted by molar-refractivity contribution is 5.84. The fourth-order valence-corrected chi connectivity index (χ4v) is 10.7. The van der Waals surface area contributed by atoms with Crippen LogP contribution in [0.2, 0.25) is 0 Å². The van der Waals surface area contributed by atoms with E-state index in [-0.39, 0.29) is 34.5 Å². The number of aliphatic hydroxyl groups is 2. The number of hydrogen-bond acceptors (Lipinski definition) is 4. The van der Waals surface area contributed by atoms with Crippen molar-refractivity contribution in [2.24, 2.45) is 52.3 Å². The maximum Gasteiger partial charge on any atom is 0.411 e. The molecule has 230 valence electrons. The van der Waals surface area contributed by atoms with Crippen molar-refractivity contribution in [2.75, 3.05) is 11.9 Å². The van der Waals surface area contributed by atoms with Gasteiger partial charge in [0.15, 0.2) is 0 Å². The molecule has 0 spiro atoms. The normalized spacial score (nSPS) is 41.1. The summed E-state index contributed by atoms with van der Waals surface area (Å²) in [6, 6.07) is 8.02. The van der Waals surface area contributed by atoms with Crippen LogP contribution in [0, 0.1) is 52.3 Å². The molecule has 1 aromatic carbocycles. The van der Waals surface area contributed by atoms with E-state index in [1.807, 2.05) is 12.1 Å². The third kappa shape index (κ3) is 5.59. The van der Waals surface area contributed by atoms with E-state index in [4.69, 9.17) is 4.74 Å². The van der Waals surface area contributed by atoms with Crippen molar-refractivity contribution in [3.8, 4) is 0 Å². The summed E-state index contributed by atoms with van der Waals surface area (Å²) in [5.74, 6) is 3.29. The van der Waals surface area contributed by atoms with Gasteiger partial charge in [0.2, 0.25) is 0 Å². The maximum absolute atomic E-state index is 12.5. The molecule has 4 aliphatic rings. The summed E-state index contributed by atoms with van der Waals surface area (Å²) >= 11 is 0. The minimum absolute atomic E-state index is 0.0803. The van der Waals surface area contributed by atoms with Gasteiger partial charge in [-0.3, -0.25) is 5.32 Å². The molecule has 0 saturated heterocycles. The third-order valence-electron chi connectivity index (χ3n) is 13.0. The summed E-state index contributed by atoms with van der Waals surface area (Å²) in [5.41, 5.74) is 2.55. The van der Waals surface area contributed by atoms with Gasteiger partial charge in [0.25, 0.3) is 0 Å². The molecule has 11 atom stereocenters. The molecule has 0 radical (unpaired) electrons. The number of hydrogen-bond donors (Lipinski definition) is 3. The molecule has 5 nitrogen and oxygen atoms in total. The molecule has 41 heavy (non-hydrogen) atoms. The van der Waals surface area contributed by atoms with E-state index in [0.717, 1.165) is 37.8 Å². The van der Waals surface area contributed by atoms with Crippen molar-refractivity contribution in [1.82, 2.24) is 0 Å². The predicted molar refractivity (Wildman–Crippen MR) is 166 cm³/mol. The van der Waals surface area contributed by atoms with Crippen molar-refractivity contribution < 1.29 is 19.7 Å². The second-order valence-corrected chi connectivity index (χ2v) is 16.0. The lowest BCUT2D eigenvalue weighted by Crippen LogP contribution is -2.62. The number of nitrogens with one attached hydrogen (secondary N) is 1. The number of fused-ring (bicyclic) bond motifs is 5. The van der Waals surface area contributed by atoms with Gasteiger partial charge in [-0.1, -0.05) is 67.0 Å². The van der Waals surface area contributed by atoms with Crippen molar-refractivity contribution in [2.45, 2.75) is 124 Å². The average Bonchev–Trinajstić information content (AvgIpc) is 3.27. The van der Waals surface area contributed by atoms with E-state index in [2.05, 4.69) is 65.9 Å². The fraction of sp³-hybridized carbons (Fsp3) is 0.806. The first-order chi connectivity index (χ1) is 19.3. The molecule has 1 unspecified atom stereocenters. The monoisotopic (exact) mass is 567 g/mol. The van der Waals surface area contributed by atoms with E-state index in [1.54, 1.807) is 0 Å². The molecule has 4 saturated carbocycles. The van der Waals surface area contributed by atoms with Crippen molar-refractivity contribution in [1.29, 1.82) is 0 Å². The van der Waals surface area contributed by atoms with E-state index in [9.17, 15) is 15.0 Å². The predicted octanol–water partition coefficient (Wildman–Crippen LogP) is 8.19. The summed E-state index contributed by atoms with van der Waals surface area (Å²) in [7, 11) is 0. The Kier molecular flexibility index (Phi) is 8.64. The Labute approximate surface area is 249 Å². The van der Waals surface area contributed by atoms with Crippen LogP contribution < -0.4 is 5.32 Å². The van der Waals surface area contributed by atoms with Gasteiger partial charge in [0.1, 0.15) is 0 Å². The topological polar surface area (TPSA) is 78.8 Å². The molecule has 4 aliphatic carbocycles. The molecule has 0 bridgehead atoms. The quantitative estimate of drug-likeness (QED) is 0.324. The van der Waals surface area contributed by atoms with Crippen LogP contribution in [0.15, 0.2) is 24.3 Å². The molecule has 1 amide bonds. The molecule has 0 heterocycles. The van der Waals surface area contributed by atoms with E-state index in [1.165, 1.54) is 31.2 Å². The first-order valence-electron chi connectivity index (χ1n) is 16.7. The molecule has 5 rings (SSSR count). The number of aliphatic hydroxyl groups excluding tert-OH is 2. The summed E-state index contributed by atoms with van der Waals surface area (Å²) in [4.78, 5) is 12.5. The lowest BCUT2D eigenvalue weighted by molar-refractivity contribution is -0.203. The Morgan fingerprint density at radius 2 is 1.66 bits per heavy atom.